The Hall–Kier alpha value is -3.46. The number of fused-ring (bicyclic) bond motifs is 2. The number of hydrogen-bond donors (Lipinski definition) is 2. The van der Waals surface area contributed by atoms with Gasteiger partial charge in [0, 0.05) is 35.5 Å². The van der Waals surface area contributed by atoms with Crippen molar-refractivity contribution in [2.24, 2.45) is 10.7 Å². The summed E-state index contributed by atoms with van der Waals surface area (Å²) in [5.41, 5.74) is 12.1. The fourth-order valence-electron chi connectivity index (χ4n) is 3.93. The number of amides is 1. The number of halogens is 1. The van der Waals surface area contributed by atoms with Crippen molar-refractivity contribution >= 4 is 39.2 Å². The van der Waals surface area contributed by atoms with E-state index in [2.05, 4.69) is 59.8 Å². The van der Waals surface area contributed by atoms with Crippen molar-refractivity contribution in [3.05, 3.63) is 81.9 Å². The van der Waals surface area contributed by atoms with E-state index in [0.29, 0.717) is 12.5 Å². The molecule has 8 nitrogen and oxygen atoms in total. The minimum absolute atomic E-state index is 0.284. The van der Waals surface area contributed by atoms with E-state index in [1.165, 1.54) is 36.4 Å². The number of nitrogens with one attached hydrogen (secondary N) is 1. The number of nitrogens with zero attached hydrogens (tertiary/aromatic N) is 5. The first-order chi connectivity index (χ1) is 16.0. The summed E-state index contributed by atoms with van der Waals surface area (Å²) in [5.74, 6) is 0.382. The quantitative estimate of drug-likeness (QED) is 0.295. The Morgan fingerprint density at radius 1 is 1.33 bits per heavy atom. The molecule has 0 aliphatic heterocycles. The van der Waals surface area contributed by atoms with Crippen LogP contribution in [0.25, 0.3) is 11.2 Å². The third-order valence-electron chi connectivity index (χ3n) is 5.83. The highest BCUT2D eigenvalue weighted by Gasteiger charge is 2.25. The van der Waals surface area contributed by atoms with E-state index in [1.807, 2.05) is 28.9 Å². The van der Waals surface area contributed by atoms with E-state index in [4.69, 9.17) is 5.73 Å². The van der Waals surface area contributed by atoms with Crippen LogP contribution >= 0.6 is 15.9 Å². The molecule has 5 rings (SSSR count). The van der Waals surface area contributed by atoms with Gasteiger partial charge in [0.15, 0.2) is 0 Å². The fraction of sp³-hybridized carbons (Fsp3) is 0.250. The van der Waals surface area contributed by atoms with Gasteiger partial charge in [0.1, 0.15) is 5.65 Å². The molecule has 1 aliphatic carbocycles. The summed E-state index contributed by atoms with van der Waals surface area (Å²) in [6.45, 7) is 2.79. The molecule has 9 heteroatoms. The molecule has 0 aromatic carbocycles. The van der Waals surface area contributed by atoms with Gasteiger partial charge in [0.2, 0.25) is 0 Å². The summed E-state index contributed by atoms with van der Waals surface area (Å²) in [5, 5.41) is 2.86. The maximum Gasteiger partial charge on any atom is 0.254 e. The van der Waals surface area contributed by atoms with Crippen LogP contribution in [0.2, 0.25) is 0 Å². The highest BCUT2D eigenvalue weighted by Crippen LogP contribution is 2.41. The summed E-state index contributed by atoms with van der Waals surface area (Å²) in [6, 6.07) is 6.01. The Kier molecular flexibility index (Phi) is 5.72. The van der Waals surface area contributed by atoms with Gasteiger partial charge >= 0.3 is 0 Å². The number of hydrogen-bond acceptors (Lipinski definition) is 5. The lowest BCUT2D eigenvalue weighted by molar-refractivity contribution is -0.117. The maximum atomic E-state index is 12.6. The second kappa shape index (κ2) is 8.82. The van der Waals surface area contributed by atoms with Gasteiger partial charge in [-0.1, -0.05) is 15.9 Å². The largest absolute Gasteiger partial charge is 0.404 e. The molecular formula is C24H24BrN7O. The van der Waals surface area contributed by atoms with Crippen molar-refractivity contribution in [1.82, 2.24) is 24.1 Å². The molecule has 1 aliphatic rings. The van der Waals surface area contributed by atoms with Crippen LogP contribution < -0.4 is 11.1 Å². The number of aryl methyl sites for hydroxylation is 1. The third-order valence-corrected chi connectivity index (χ3v) is 6.32. The first-order valence-corrected chi connectivity index (χ1v) is 11.6. The van der Waals surface area contributed by atoms with Crippen molar-refractivity contribution in [2.45, 2.75) is 38.8 Å². The van der Waals surface area contributed by atoms with Gasteiger partial charge in [-0.25, -0.2) is 9.97 Å². The first kappa shape index (κ1) is 21.4. The molecule has 4 aromatic rings. The van der Waals surface area contributed by atoms with E-state index >= 15 is 0 Å². The number of pyridine rings is 2. The summed E-state index contributed by atoms with van der Waals surface area (Å²) in [7, 11) is 0. The molecule has 33 heavy (non-hydrogen) atoms. The fourth-order valence-corrected chi connectivity index (χ4v) is 4.27. The molecule has 0 saturated heterocycles. The van der Waals surface area contributed by atoms with E-state index in [0.717, 1.165) is 27.0 Å². The van der Waals surface area contributed by atoms with Crippen LogP contribution in [-0.2, 0) is 17.9 Å². The Morgan fingerprint density at radius 3 is 2.97 bits per heavy atom. The number of carbonyl (C=O) groups excluding carboxylic acids is 1. The predicted molar refractivity (Wildman–Crippen MR) is 131 cm³/mol. The Labute approximate surface area is 199 Å². The Bertz CT molecular complexity index is 1410. The molecule has 3 N–H and O–H groups in total. The van der Waals surface area contributed by atoms with Gasteiger partial charge in [-0.15, -0.1) is 0 Å². The highest BCUT2D eigenvalue weighted by molar-refractivity contribution is 9.10. The van der Waals surface area contributed by atoms with Gasteiger partial charge in [0.25, 0.3) is 5.91 Å². The molecule has 0 atom stereocenters. The van der Waals surface area contributed by atoms with E-state index < -0.39 is 0 Å². The van der Waals surface area contributed by atoms with Gasteiger partial charge < -0.3 is 19.9 Å². The molecule has 0 spiro atoms. The molecular weight excluding hydrogens is 482 g/mol. The third kappa shape index (κ3) is 4.54. The van der Waals surface area contributed by atoms with Crippen molar-refractivity contribution in [3.8, 4) is 0 Å². The molecule has 4 heterocycles. The topological polar surface area (TPSA) is 102 Å². The molecule has 168 valence electrons. The number of aromatic nitrogens is 4. The van der Waals surface area contributed by atoms with Crippen LogP contribution in [0.5, 0.6) is 0 Å². The van der Waals surface area contributed by atoms with Crippen LogP contribution in [0.4, 0.5) is 0 Å². The van der Waals surface area contributed by atoms with Crippen LogP contribution in [0.3, 0.4) is 0 Å². The number of nitrogens with two attached hydrogens (primary N) is 1. The van der Waals surface area contributed by atoms with Gasteiger partial charge in [-0.05, 0) is 55.0 Å². The molecule has 0 bridgehead atoms. The zero-order valence-corrected chi connectivity index (χ0v) is 19.8. The van der Waals surface area contributed by atoms with Crippen molar-refractivity contribution in [2.75, 3.05) is 0 Å². The summed E-state index contributed by atoms with van der Waals surface area (Å²) >= 11 is 3.46. The lowest BCUT2D eigenvalue weighted by Gasteiger charge is -2.04. The monoisotopic (exact) mass is 505 g/mol. The van der Waals surface area contributed by atoms with E-state index in [1.54, 1.807) is 6.33 Å². The van der Waals surface area contributed by atoms with E-state index in [-0.39, 0.29) is 18.0 Å². The Balaban J connectivity index is 1.22. The molecule has 1 saturated carbocycles. The summed E-state index contributed by atoms with van der Waals surface area (Å²) in [4.78, 5) is 26.0. The summed E-state index contributed by atoms with van der Waals surface area (Å²) < 4.78 is 4.91. The maximum absolute atomic E-state index is 12.6. The summed E-state index contributed by atoms with van der Waals surface area (Å²) in [6.07, 6.45) is 13.1. The molecule has 1 amide bonds. The van der Waals surface area contributed by atoms with Crippen LogP contribution in [0.1, 0.15) is 41.3 Å². The van der Waals surface area contributed by atoms with Crippen molar-refractivity contribution in [1.29, 1.82) is 0 Å². The van der Waals surface area contributed by atoms with Crippen LogP contribution in [0, 0.1) is 6.92 Å². The number of imidazole rings is 2. The number of rotatable bonds is 7. The minimum atomic E-state index is -0.308. The van der Waals surface area contributed by atoms with Gasteiger partial charge in [-0.2, -0.15) is 0 Å². The lowest BCUT2D eigenvalue weighted by Crippen LogP contribution is -2.26. The van der Waals surface area contributed by atoms with Gasteiger partial charge in [-0.3, -0.25) is 9.79 Å². The van der Waals surface area contributed by atoms with Crippen molar-refractivity contribution < 1.29 is 4.79 Å². The normalized spacial score (nSPS) is 14.5. The number of aliphatic imine (C=N–C) groups is 1. The minimum Gasteiger partial charge on any atom is -0.404 e. The van der Waals surface area contributed by atoms with Crippen LogP contribution in [-0.4, -0.2) is 30.9 Å². The molecule has 1 fully saturated rings. The smallest absolute Gasteiger partial charge is 0.254 e. The van der Waals surface area contributed by atoms with Crippen LogP contribution in [0.15, 0.2) is 64.4 Å². The first-order valence-electron chi connectivity index (χ1n) is 10.8. The zero-order chi connectivity index (χ0) is 22.9. The van der Waals surface area contributed by atoms with E-state index in [9.17, 15) is 4.79 Å². The van der Waals surface area contributed by atoms with Crippen molar-refractivity contribution in [3.63, 3.8) is 0 Å². The lowest BCUT2D eigenvalue weighted by atomic mass is 10.1. The predicted octanol–water partition coefficient (Wildman–Crippen LogP) is 3.66. The van der Waals surface area contributed by atoms with Gasteiger partial charge in [0.05, 0.1) is 41.9 Å². The molecule has 0 unspecified atom stereocenters. The average Bonchev–Trinajstić information content (AvgIpc) is 3.45. The second-order valence-electron chi connectivity index (χ2n) is 8.29. The average molecular weight is 506 g/mol. The standard InChI is InChI=1S/C24H24BrN7O/c1-15-6-23-30-19(12-32(23)13-20(15)16-2-3-16)10-27-9-17(8-26)24(33)28-11-21-22-7-18(25)4-5-31(22)14-29-21/h4-9,12-14,16H,2-3,10-11,26H2,1H3,(H,28,33). The highest BCUT2D eigenvalue weighted by atomic mass is 79.9. The molecule has 0 radical (unpaired) electrons. The SMILES string of the molecule is Cc1cc2nc(CN=CC(=CN)C(=O)NCc3ncn4ccc(Br)cc34)cn2cc1C1CC1. The zero-order valence-electron chi connectivity index (χ0n) is 18.2. The number of carbonyl (C=O) groups is 1. The second-order valence-corrected chi connectivity index (χ2v) is 9.20. The molecule has 4 aromatic heterocycles. The Morgan fingerprint density at radius 2 is 2.18 bits per heavy atom.